The van der Waals surface area contributed by atoms with E-state index in [1.54, 1.807) is 6.26 Å². The summed E-state index contributed by atoms with van der Waals surface area (Å²) in [7, 11) is 0. The first-order chi connectivity index (χ1) is 7.84. The molecule has 0 saturated carbocycles. The number of allylic oxidation sites excluding steroid dienone is 1. The fourth-order valence-electron chi connectivity index (χ4n) is 2.02. The van der Waals surface area contributed by atoms with Crippen LogP contribution < -0.4 is 0 Å². The van der Waals surface area contributed by atoms with Crippen LogP contribution in [0.15, 0.2) is 52.7 Å². The number of benzene rings is 1. The molecule has 0 radical (unpaired) electrons. The minimum Gasteiger partial charge on any atom is -0.465 e. The lowest BCUT2D eigenvalue weighted by Crippen LogP contribution is -1.94. The van der Waals surface area contributed by atoms with Gasteiger partial charge in [0.15, 0.2) is 5.78 Å². The Kier molecular flexibility index (Phi) is 2.00. The predicted octanol–water partition coefficient (Wildman–Crippen LogP) is 3.10. The van der Waals surface area contributed by atoms with E-state index in [0.717, 1.165) is 22.5 Å². The van der Waals surface area contributed by atoms with Gasteiger partial charge < -0.3 is 4.42 Å². The predicted molar refractivity (Wildman–Crippen MR) is 61.2 cm³/mol. The van der Waals surface area contributed by atoms with Crippen LogP contribution in [0.1, 0.15) is 21.7 Å². The molecule has 2 aromatic rings. The molecule has 1 heterocycles. The summed E-state index contributed by atoms with van der Waals surface area (Å²) in [5.74, 6) is 0.850. The fraction of sp³-hybridized carbons (Fsp3) is 0.0714. The second-order valence-corrected chi connectivity index (χ2v) is 3.85. The summed E-state index contributed by atoms with van der Waals surface area (Å²) in [5.41, 5.74) is 2.72. The van der Waals surface area contributed by atoms with Crippen LogP contribution >= 0.6 is 0 Å². The Hall–Kier alpha value is -2.09. The van der Waals surface area contributed by atoms with Crippen molar-refractivity contribution in [2.24, 2.45) is 0 Å². The largest absolute Gasteiger partial charge is 0.465 e. The van der Waals surface area contributed by atoms with E-state index in [2.05, 4.69) is 0 Å². The Balaban J connectivity index is 2.02. The number of hydrogen-bond donors (Lipinski definition) is 0. The monoisotopic (exact) mass is 210 g/mol. The molecule has 1 aliphatic rings. The van der Waals surface area contributed by atoms with Crippen LogP contribution in [0.2, 0.25) is 0 Å². The number of fused-ring (bicyclic) bond motifs is 1. The highest BCUT2D eigenvalue weighted by Gasteiger charge is 2.24. The maximum Gasteiger partial charge on any atom is 0.189 e. The summed E-state index contributed by atoms with van der Waals surface area (Å²) >= 11 is 0. The molecule has 1 aliphatic carbocycles. The first kappa shape index (κ1) is 9.16. The summed E-state index contributed by atoms with van der Waals surface area (Å²) < 4.78 is 5.21. The summed E-state index contributed by atoms with van der Waals surface area (Å²) in [6.07, 6.45) is 4.14. The highest BCUT2D eigenvalue weighted by Crippen LogP contribution is 2.27. The average Bonchev–Trinajstić information content (AvgIpc) is 2.90. The third-order valence-electron chi connectivity index (χ3n) is 2.79. The van der Waals surface area contributed by atoms with Crippen LogP contribution in [-0.2, 0) is 6.42 Å². The molecule has 16 heavy (non-hydrogen) atoms. The number of ketones is 1. The van der Waals surface area contributed by atoms with Gasteiger partial charge in [0.2, 0.25) is 0 Å². The lowest BCUT2D eigenvalue weighted by Gasteiger charge is -1.92. The molecular weight excluding hydrogens is 200 g/mol. The van der Waals surface area contributed by atoms with Crippen LogP contribution in [0.5, 0.6) is 0 Å². The van der Waals surface area contributed by atoms with Crippen LogP contribution in [0.4, 0.5) is 0 Å². The van der Waals surface area contributed by atoms with Crippen LogP contribution in [-0.4, -0.2) is 5.78 Å². The van der Waals surface area contributed by atoms with Gasteiger partial charge in [-0.3, -0.25) is 4.79 Å². The molecule has 0 bridgehead atoms. The van der Waals surface area contributed by atoms with Gasteiger partial charge in [0.05, 0.1) is 6.26 Å². The summed E-state index contributed by atoms with van der Waals surface area (Å²) in [6, 6.07) is 11.4. The molecule has 2 heteroatoms. The number of carbonyl (C=O) groups excluding carboxylic acids is 1. The average molecular weight is 210 g/mol. The quantitative estimate of drug-likeness (QED) is 0.677. The fourth-order valence-corrected chi connectivity index (χ4v) is 2.02. The van der Waals surface area contributed by atoms with Crippen molar-refractivity contribution in [2.45, 2.75) is 6.42 Å². The van der Waals surface area contributed by atoms with Crippen molar-refractivity contribution in [3.05, 3.63) is 65.1 Å². The Morgan fingerprint density at radius 1 is 1.12 bits per heavy atom. The normalized spacial score (nSPS) is 16.8. The smallest absolute Gasteiger partial charge is 0.189 e. The molecule has 0 aliphatic heterocycles. The van der Waals surface area contributed by atoms with Gasteiger partial charge >= 0.3 is 0 Å². The topological polar surface area (TPSA) is 30.2 Å². The van der Waals surface area contributed by atoms with E-state index in [1.807, 2.05) is 42.5 Å². The molecule has 0 atom stereocenters. The summed E-state index contributed by atoms with van der Waals surface area (Å²) in [6.45, 7) is 0. The van der Waals surface area contributed by atoms with Crippen LogP contribution in [0.3, 0.4) is 0 Å². The maximum atomic E-state index is 12.0. The van der Waals surface area contributed by atoms with Gasteiger partial charge in [-0.15, -0.1) is 0 Å². The van der Waals surface area contributed by atoms with E-state index in [0.29, 0.717) is 6.42 Å². The molecule has 2 nitrogen and oxygen atoms in total. The van der Waals surface area contributed by atoms with Crippen LogP contribution in [0.25, 0.3) is 6.08 Å². The molecule has 3 rings (SSSR count). The van der Waals surface area contributed by atoms with Crippen molar-refractivity contribution in [3.63, 3.8) is 0 Å². The second-order valence-electron chi connectivity index (χ2n) is 3.85. The third-order valence-corrected chi connectivity index (χ3v) is 2.79. The van der Waals surface area contributed by atoms with Gasteiger partial charge in [-0.25, -0.2) is 0 Å². The first-order valence-electron chi connectivity index (χ1n) is 5.21. The molecular formula is C14H10O2. The molecule has 0 N–H and O–H groups in total. The number of furan rings is 1. The van der Waals surface area contributed by atoms with Gasteiger partial charge in [0, 0.05) is 17.6 Å². The zero-order chi connectivity index (χ0) is 11.0. The Bertz CT molecular complexity index is 562. The van der Waals surface area contributed by atoms with Crippen LogP contribution in [0, 0.1) is 0 Å². The molecule has 0 amide bonds. The van der Waals surface area contributed by atoms with Crippen molar-refractivity contribution >= 4 is 11.9 Å². The van der Waals surface area contributed by atoms with Gasteiger partial charge in [-0.05, 0) is 23.8 Å². The molecule has 0 fully saturated rings. The molecule has 0 spiro atoms. The number of hydrogen-bond acceptors (Lipinski definition) is 2. The molecule has 78 valence electrons. The van der Waals surface area contributed by atoms with E-state index >= 15 is 0 Å². The van der Waals surface area contributed by atoms with Crippen molar-refractivity contribution in [1.29, 1.82) is 0 Å². The maximum absolute atomic E-state index is 12.0. The van der Waals surface area contributed by atoms with Gasteiger partial charge in [0.1, 0.15) is 5.76 Å². The SMILES string of the molecule is O=C1/C(=C\c2ccco2)Cc2ccccc21. The van der Waals surface area contributed by atoms with Gasteiger partial charge in [-0.2, -0.15) is 0 Å². The highest BCUT2D eigenvalue weighted by atomic mass is 16.3. The van der Waals surface area contributed by atoms with Gasteiger partial charge in [0.25, 0.3) is 0 Å². The molecule has 0 unspecified atom stereocenters. The lowest BCUT2D eigenvalue weighted by atomic mass is 10.1. The Morgan fingerprint density at radius 2 is 2.00 bits per heavy atom. The minimum absolute atomic E-state index is 0.118. The van der Waals surface area contributed by atoms with E-state index in [-0.39, 0.29) is 5.78 Å². The Labute approximate surface area is 93.2 Å². The van der Waals surface area contributed by atoms with Crippen molar-refractivity contribution in [1.82, 2.24) is 0 Å². The first-order valence-corrected chi connectivity index (χ1v) is 5.21. The second kappa shape index (κ2) is 3.49. The van der Waals surface area contributed by atoms with E-state index < -0.39 is 0 Å². The van der Waals surface area contributed by atoms with E-state index in [1.165, 1.54) is 0 Å². The number of carbonyl (C=O) groups is 1. The minimum atomic E-state index is 0.118. The van der Waals surface area contributed by atoms with E-state index in [9.17, 15) is 4.79 Å². The number of Topliss-reactive ketones (excluding diaryl/α,β-unsaturated/α-hetero) is 1. The molecule has 1 aromatic heterocycles. The summed E-state index contributed by atoms with van der Waals surface area (Å²) in [4.78, 5) is 12.0. The third kappa shape index (κ3) is 1.39. The standard InChI is InChI=1S/C14H10O2/c15-14-11(9-12-5-3-7-16-12)8-10-4-1-2-6-13(10)14/h1-7,9H,8H2/b11-9-. The van der Waals surface area contributed by atoms with Crippen molar-refractivity contribution in [3.8, 4) is 0 Å². The summed E-state index contributed by atoms with van der Waals surface area (Å²) in [5, 5.41) is 0. The van der Waals surface area contributed by atoms with E-state index in [4.69, 9.17) is 4.42 Å². The number of rotatable bonds is 1. The highest BCUT2D eigenvalue weighted by molar-refractivity contribution is 6.15. The van der Waals surface area contributed by atoms with Crippen molar-refractivity contribution in [2.75, 3.05) is 0 Å². The molecule has 0 saturated heterocycles. The lowest BCUT2D eigenvalue weighted by molar-refractivity contribution is 0.104. The zero-order valence-electron chi connectivity index (χ0n) is 8.64. The molecule has 1 aromatic carbocycles. The Morgan fingerprint density at radius 3 is 2.75 bits per heavy atom. The van der Waals surface area contributed by atoms with Gasteiger partial charge in [-0.1, -0.05) is 24.3 Å². The zero-order valence-corrected chi connectivity index (χ0v) is 8.64. The van der Waals surface area contributed by atoms with Crippen molar-refractivity contribution < 1.29 is 9.21 Å².